The van der Waals surface area contributed by atoms with Crippen molar-refractivity contribution in [2.24, 2.45) is 0 Å². The van der Waals surface area contributed by atoms with Gasteiger partial charge in [0.15, 0.2) is 0 Å². The van der Waals surface area contributed by atoms with E-state index in [4.69, 9.17) is 5.11 Å². The third kappa shape index (κ3) is 5.86. The molecule has 0 rings (SSSR count). The van der Waals surface area contributed by atoms with E-state index in [9.17, 15) is 0 Å². The van der Waals surface area contributed by atoms with Crippen LogP contribution in [-0.2, 0) is 0 Å². The molecule has 64 valence electrons. The molecule has 1 nitrogen and oxygen atoms in total. The lowest BCUT2D eigenvalue weighted by Gasteiger charge is -2.02. The molecule has 0 spiro atoms. The molecule has 0 bridgehead atoms. The van der Waals surface area contributed by atoms with Crippen molar-refractivity contribution >= 4 is 0 Å². The van der Waals surface area contributed by atoms with E-state index in [1.165, 1.54) is 12.0 Å². The van der Waals surface area contributed by atoms with Crippen LogP contribution in [-0.4, -0.2) is 11.7 Å². The highest BCUT2D eigenvalue weighted by atomic mass is 16.2. The van der Waals surface area contributed by atoms with Gasteiger partial charge in [-0.1, -0.05) is 37.6 Å². The summed E-state index contributed by atoms with van der Waals surface area (Å²) < 4.78 is 0. The molecule has 0 aliphatic rings. The van der Waals surface area contributed by atoms with Crippen LogP contribution in [0.1, 0.15) is 32.6 Å². The molecule has 0 amide bonds. The molecule has 11 heavy (non-hydrogen) atoms. The SMILES string of the molecule is C=C/C=C(\CCC)CCCO. The second-order valence-corrected chi connectivity index (χ2v) is 2.64. The molecule has 1 heteroatoms. The molecule has 0 aromatic heterocycles. The molecular formula is C10H18O. The Morgan fingerprint density at radius 2 is 2.18 bits per heavy atom. The molecule has 0 saturated carbocycles. The Labute approximate surface area is 69.4 Å². The summed E-state index contributed by atoms with van der Waals surface area (Å²) in [6, 6.07) is 0. The lowest BCUT2D eigenvalue weighted by atomic mass is 10.1. The molecule has 1 N–H and O–H groups in total. The third-order valence-electron chi connectivity index (χ3n) is 1.58. The van der Waals surface area contributed by atoms with Crippen molar-refractivity contribution in [3.63, 3.8) is 0 Å². The largest absolute Gasteiger partial charge is 0.396 e. The van der Waals surface area contributed by atoms with Crippen molar-refractivity contribution in [2.45, 2.75) is 32.6 Å². The van der Waals surface area contributed by atoms with Gasteiger partial charge in [-0.05, 0) is 19.3 Å². The Balaban J connectivity index is 3.69. The van der Waals surface area contributed by atoms with Gasteiger partial charge < -0.3 is 5.11 Å². The van der Waals surface area contributed by atoms with Crippen LogP contribution < -0.4 is 0 Å². The summed E-state index contributed by atoms with van der Waals surface area (Å²) in [5.41, 5.74) is 1.40. The van der Waals surface area contributed by atoms with Crippen LogP contribution in [0.5, 0.6) is 0 Å². The quantitative estimate of drug-likeness (QED) is 0.583. The first-order valence-corrected chi connectivity index (χ1v) is 4.26. The minimum Gasteiger partial charge on any atom is -0.396 e. The van der Waals surface area contributed by atoms with Crippen LogP contribution in [0.3, 0.4) is 0 Å². The predicted octanol–water partition coefficient (Wildman–Crippen LogP) is 2.67. The Hall–Kier alpha value is -0.560. The maximum absolute atomic E-state index is 8.60. The zero-order valence-electron chi connectivity index (χ0n) is 7.34. The van der Waals surface area contributed by atoms with Crippen molar-refractivity contribution in [3.8, 4) is 0 Å². The summed E-state index contributed by atoms with van der Waals surface area (Å²) in [6.45, 7) is 6.10. The van der Waals surface area contributed by atoms with Gasteiger partial charge in [0.25, 0.3) is 0 Å². The van der Waals surface area contributed by atoms with Crippen molar-refractivity contribution in [1.82, 2.24) is 0 Å². The monoisotopic (exact) mass is 154 g/mol. The first-order chi connectivity index (χ1) is 5.35. The molecule has 0 aromatic carbocycles. The van der Waals surface area contributed by atoms with Gasteiger partial charge >= 0.3 is 0 Å². The molecule has 0 aromatic rings. The van der Waals surface area contributed by atoms with Gasteiger partial charge in [-0.15, -0.1) is 0 Å². The number of aliphatic hydroxyl groups is 1. The average Bonchev–Trinajstić information content (AvgIpc) is 2.01. The average molecular weight is 154 g/mol. The maximum Gasteiger partial charge on any atom is 0.0434 e. The fourth-order valence-corrected chi connectivity index (χ4v) is 1.09. The van der Waals surface area contributed by atoms with E-state index in [0.29, 0.717) is 0 Å². The van der Waals surface area contributed by atoms with Gasteiger partial charge in [0.1, 0.15) is 0 Å². The fraction of sp³-hybridized carbons (Fsp3) is 0.600. The molecule has 0 unspecified atom stereocenters. The normalized spacial score (nSPS) is 11.6. The zero-order chi connectivity index (χ0) is 8.53. The van der Waals surface area contributed by atoms with E-state index in [0.717, 1.165) is 19.3 Å². The van der Waals surface area contributed by atoms with Crippen molar-refractivity contribution in [2.75, 3.05) is 6.61 Å². The summed E-state index contributed by atoms with van der Waals surface area (Å²) >= 11 is 0. The summed E-state index contributed by atoms with van der Waals surface area (Å²) in [7, 11) is 0. The highest BCUT2D eigenvalue weighted by Crippen LogP contribution is 2.11. The van der Waals surface area contributed by atoms with Crippen molar-refractivity contribution < 1.29 is 5.11 Å². The summed E-state index contributed by atoms with van der Waals surface area (Å²) in [4.78, 5) is 0. The highest BCUT2D eigenvalue weighted by molar-refractivity contribution is 5.10. The molecule has 0 fully saturated rings. The van der Waals surface area contributed by atoms with Crippen LogP contribution in [0.2, 0.25) is 0 Å². The Bertz CT molecular complexity index is 125. The Morgan fingerprint density at radius 3 is 2.64 bits per heavy atom. The Kier molecular flexibility index (Phi) is 7.16. The molecule has 0 radical (unpaired) electrons. The predicted molar refractivity (Wildman–Crippen MR) is 49.5 cm³/mol. The van der Waals surface area contributed by atoms with Gasteiger partial charge in [-0.25, -0.2) is 0 Å². The van der Waals surface area contributed by atoms with Crippen LogP contribution in [0.15, 0.2) is 24.3 Å². The first-order valence-electron chi connectivity index (χ1n) is 4.26. The number of aliphatic hydroxyl groups excluding tert-OH is 1. The number of hydrogen-bond donors (Lipinski definition) is 1. The van der Waals surface area contributed by atoms with E-state index in [1.54, 1.807) is 0 Å². The fourth-order valence-electron chi connectivity index (χ4n) is 1.09. The topological polar surface area (TPSA) is 20.2 Å². The molecule has 0 aliphatic heterocycles. The number of hydrogen-bond acceptors (Lipinski definition) is 1. The lowest BCUT2D eigenvalue weighted by Crippen LogP contribution is -1.87. The molecule has 0 atom stereocenters. The highest BCUT2D eigenvalue weighted by Gasteiger charge is 1.93. The molecular weight excluding hydrogens is 136 g/mol. The minimum absolute atomic E-state index is 0.290. The summed E-state index contributed by atoms with van der Waals surface area (Å²) in [5.74, 6) is 0. The van der Waals surface area contributed by atoms with E-state index in [-0.39, 0.29) is 6.61 Å². The van der Waals surface area contributed by atoms with Crippen LogP contribution >= 0.6 is 0 Å². The van der Waals surface area contributed by atoms with E-state index < -0.39 is 0 Å². The van der Waals surface area contributed by atoms with Gasteiger partial charge in [-0.2, -0.15) is 0 Å². The Morgan fingerprint density at radius 1 is 1.45 bits per heavy atom. The summed E-state index contributed by atoms with van der Waals surface area (Å²) in [6.07, 6.45) is 8.06. The van der Waals surface area contributed by atoms with Gasteiger partial charge in [-0.3, -0.25) is 0 Å². The first kappa shape index (κ1) is 10.4. The molecule has 0 heterocycles. The number of allylic oxidation sites excluding steroid dienone is 3. The maximum atomic E-state index is 8.60. The lowest BCUT2D eigenvalue weighted by molar-refractivity contribution is 0.288. The van der Waals surface area contributed by atoms with Crippen LogP contribution in [0.25, 0.3) is 0 Å². The second kappa shape index (κ2) is 7.55. The minimum atomic E-state index is 0.290. The van der Waals surface area contributed by atoms with Gasteiger partial charge in [0.2, 0.25) is 0 Å². The van der Waals surface area contributed by atoms with E-state index in [1.807, 2.05) is 6.08 Å². The summed E-state index contributed by atoms with van der Waals surface area (Å²) in [5, 5.41) is 8.60. The van der Waals surface area contributed by atoms with Crippen LogP contribution in [0.4, 0.5) is 0 Å². The number of rotatable bonds is 6. The van der Waals surface area contributed by atoms with Gasteiger partial charge in [0.05, 0.1) is 0 Å². The van der Waals surface area contributed by atoms with E-state index in [2.05, 4.69) is 19.6 Å². The smallest absolute Gasteiger partial charge is 0.0434 e. The molecule has 0 aliphatic carbocycles. The third-order valence-corrected chi connectivity index (χ3v) is 1.58. The molecule has 0 saturated heterocycles. The van der Waals surface area contributed by atoms with Gasteiger partial charge in [0, 0.05) is 6.61 Å². The standard InChI is InChI=1S/C10H18O/c1-3-6-10(7-4-2)8-5-9-11/h3,6,11H,1,4-5,7-9H2,2H3/b10-6+. The van der Waals surface area contributed by atoms with Crippen molar-refractivity contribution in [3.05, 3.63) is 24.3 Å². The van der Waals surface area contributed by atoms with E-state index >= 15 is 0 Å². The van der Waals surface area contributed by atoms with Crippen molar-refractivity contribution in [1.29, 1.82) is 0 Å². The zero-order valence-corrected chi connectivity index (χ0v) is 7.34. The van der Waals surface area contributed by atoms with Crippen LogP contribution in [0, 0.1) is 0 Å². The second-order valence-electron chi connectivity index (χ2n) is 2.64.